The number of rotatable bonds is 1. The Bertz CT molecular complexity index is 277. The molecule has 0 saturated heterocycles. The van der Waals surface area contributed by atoms with E-state index in [9.17, 15) is 0 Å². The van der Waals surface area contributed by atoms with Crippen LogP contribution in [0.4, 0.5) is 0 Å². The van der Waals surface area contributed by atoms with Crippen LogP contribution in [0.15, 0.2) is 0 Å². The zero-order valence-electron chi connectivity index (χ0n) is 9.77. The molecule has 11 N–H and O–H groups in total. The van der Waals surface area contributed by atoms with Gasteiger partial charge in [-0.3, -0.25) is 0 Å². The fraction of sp³-hybridized carbons (Fsp3) is 1.00. The molecule has 0 amide bonds. The third-order valence-electron chi connectivity index (χ3n) is 0.264. The van der Waals surface area contributed by atoms with E-state index in [-0.39, 0.29) is 154 Å². The third kappa shape index (κ3) is 413. The maximum atomic E-state index is 8.88. The summed E-state index contributed by atoms with van der Waals surface area (Å²) in [6.07, 6.45) is -0.560. The Morgan fingerprint density at radius 1 is 0.600 bits per heavy atom. The third-order valence-corrected chi connectivity index (χ3v) is 0.264. The summed E-state index contributed by atoms with van der Waals surface area (Å²) in [6, 6.07) is 0. The standard InChI is InChI=1S/C3H8O2.5Na.3H3O4P.5H/c1-3(5)2-4;;;;;;3*1-5(2,3)4;;;;;/h3-5H,2H2,1H3;;;;;;3*(H3,1,2,3,4);;;;;. The molecule has 0 aliphatic carbocycles. The van der Waals surface area contributed by atoms with Gasteiger partial charge in [0, 0.05) is 0 Å². The number of phosphoric acid groups is 3. The molecule has 0 radical (unpaired) electrons. The first-order valence-electron chi connectivity index (χ1n) is 3.91. The van der Waals surface area contributed by atoms with Gasteiger partial charge in [0.25, 0.3) is 0 Å². The van der Waals surface area contributed by atoms with Gasteiger partial charge in [0.15, 0.2) is 0 Å². The average Bonchev–Trinajstić information content (AvgIpc) is 1.93. The minimum absolute atomic E-state index is 0. The van der Waals surface area contributed by atoms with Crippen LogP contribution in [0.2, 0.25) is 0 Å². The van der Waals surface area contributed by atoms with E-state index in [4.69, 9.17) is 67.9 Å². The molecular weight excluding hydrogens is 468 g/mol. The molecule has 0 aliphatic rings. The fourth-order valence-electron chi connectivity index (χ4n) is 0. The molecule has 138 valence electrons. The first kappa shape index (κ1) is 57.3. The Morgan fingerprint density at radius 3 is 0.640 bits per heavy atom. The van der Waals surface area contributed by atoms with Gasteiger partial charge in [-0.25, -0.2) is 13.7 Å². The van der Waals surface area contributed by atoms with Gasteiger partial charge < -0.3 is 54.3 Å². The van der Waals surface area contributed by atoms with Crippen molar-refractivity contribution in [2.24, 2.45) is 0 Å². The van der Waals surface area contributed by atoms with Crippen LogP contribution in [-0.4, -0.2) is 215 Å². The van der Waals surface area contributed by atoms with E-state index in [1.807, 2.05) is 0 Å². The molecule has 22 heteroatoms. The van der Waals surface area contributed by atoms with Crippen molar-refractivity contribution in [2.45, 2.75) is 13.0 Å². The summed E-state index contributed by atoms with van der Waals surface area (Å²) >= 11 is 0. The normalized spacial score (nSPS) is 10.1. The maximum absolute atomic E-state index is 8.88. The Kier molecular flexibility index (Phi) is 72.1. The van der Waals surface area contributed by atoms with Crippen molar-refractivity contribution in [2.75, 3.05) is 6.61 Å². The van der Waals surface area contributed by atoms with E-state index in [2.05, 4.69) is 0 Å². The number of hydrogen-bond donors (Lipinski definition) is 11. The molecule has 0 aromatic rings. The SMILES string of the molecule is CC(O)CO.O=P(O)(O)O.O=P(O)(O)O.O=P(O)(O)O.[NaH].[NaH].[NaH].[NaH].[NaH]. The van der Waals surface area contributed by atoms with Crippen LogP contribution in [-0.2, 0) is 13.7 Å². The molecule has 0 aliphatic heterocycles. The summed E-state index contributed by atoms with van der Waals surface area (Å²) in [5.41, 5.74) is 0. The van der Waals surface area contributed by atoms with Gasteiger partial charge in [-0.2, -0.15) is 0 Å². The summed E-state index contributed by atoms with van der Waals surface area (Å²) in [5.74, 6) is 0. The molecule has 0 aromatic heterocycles. The Morgan fingerprint density at radius 2 is 0.640 bits per heavy atom. The van der Waals surface area contributed by atoms with Crippen molar-refractivity contribution in [1.29, 1.82) is 0 Å². The van der Waals surface area contributed by atoms with Crippen molar-refractivity contribution >= 4 is 171 Å². The van der Waals surface area contributed by atoms with Gasteiger partial charge in [0.2, 0.25) is 0 Å². The summed E-state index contributed by atoms with van der Waals surface area (Å²) in [6.45, 7) is 1.39. The summed E-state index contributed by atoms with van der Waals surface area (Å²) in [4.78, 5) is 64.7. The van der Waals surface area contributed by atoms with Gasteiger partial charge in [-0.15, -0.1) is 0 Å². The molecule has 0 bridgehead atoms. The molecule has 0 heterocycles. The van der Waals surface area contributed by atoms with Crippen molar-refractivity contribution in [3.63, 3.8) is 0 Å². The van der Waals surface area contributed by atoms with Crippen molar-refractivity contribution in [3.05, 3.63) is 0 Å². The van der Waals surface area contributed by atoms with Gasteiger partial charge in [0.05, 0.1) is 12.7 Å². The molecule has 14 nitrogen and oxygen atoms in total. The minimum atomic E-state index is -4.64. The molecule has 25 heavy (non-hydrogen) atoms. The van der Waals surface area contributed by atoms with Gasteiger partial charge in [-0.05, 0) is 6.92 Å². The Hall–Kier alpha value is 5.25. The zero-order chi connectivity index (χ0) is 17.8. The van der Waals surface area contributed by atoms with Crippen LogP contribution in [0, 0.1) is 0 Å². The Balaban J connectivity index is -0.0000000183. The van der Waals surface area contributed by atoms with E-state index in [0.717, 1.165) is 0 Å². The van der Waals surface area contributed by atoms with Crippen molar-refractivity contribution < 1.29 is 67.9 Å². The predicted octanol–water partition coefficient (Wildman–Crippen LogP) is -6.67. The first-order chi connectivity index (χ1) is 8.27. The van der Waals surface area contributed by atoms with Gasteiger partial charge >= 0.3 is 171 Å². The van der Waals surface area contributed by atoms with Crippen LogP contribution < -0.4 is 0 Å². The summed E-state index contributed by atoms with van der Waals surface area (Å²) < 4.78 is 26.6. The second-order valence-corrected chi connectivity index (χ2v) is 5.65. The van der Waals surface area contributed by atoms with Crippen molar-refractivity contribution in [1.82, 2.24) is 0 Å². The van der Waals surface area contributed by atoms with Crippen LogP contribution in [0.5, 0.6) is 0 Å². The zero-order valence-corrected chi connectivity index (χ0v) is 12.5. The topological polar surface area (TPSA) is 274 Å². The number of aliphatic hydroxyl groups is 2. The van der Waals surface area contributed by atoms with Crippen LogP contribution in [0.3, 0.4) is 0 Å². The number of aliphatic hydroxyl groups excluding tert-OH is 2. The molecule has 0 fully saturated rings. The molecule has 0 rings (SSSR count). The monoisotopic (exact) mass is 490 g/mol. The summed E-state index contributed by atoms with van der Waals surface area (Å²) in [5, 5.41) is 16.0. The van der Waals surface area contributed by atoms with Crippen molar-refractivity contribution in [3.8, 4) is 0 Å². The van der Waals surface area contributed by atoms with Gasteiger partial charge in [-0.1, -0.05) is 0 Å². The summed E-state index contributed by atoms with van der Waals surface area (Å²) in [7, 11) is -13.9. The molecule has 0 spiro atoms. The van der Waals surface area contributed by atoms with E-state index in [0.29, 0.717) is 0 Å². The second-order valence-electron chi connectivity index (χ2n) is 2.57. The van der Waals surface area contributed by atoms with E-state index < -0.39 is 29.6 Å². The van der Waals surface area contributed by atoms with E-state index in [1.165, 1.54) is 6.92 Å². The number of hydrogen-bond acceptors (Lipinski definition) is 5. The molecular formula is C3H22Na5O14P3. The molecule has 1 unspecified atom stereocenters. The van der Waals surface area contributed by atoms with Crippen LogP contribution >= 0.6 is 23.5 Å². The van der Waals surface area contributed by atoms with Crippen LogP contribution in [0.25, 0.3) is 0 Å². The molecule has 0 saturated carbocycles. The fourth-order valence-corrected chi connectivity index (χ4v) is 0. The molecule has 1 atom stereocenters. The average molecular weight is 490 g/mol. The van der Waals surface area contributed by atoms with Crippen LogP contribution in [0.1, 0.15) is 6.92 Å². The quantitative estimate of drug-likeness (QED) is 0.121. The van der Waals surface area contributed by atoms with Gasteiger partial charge in [0.1, 0.15) is 0 Å². The Labute approximate surface area is 254 Å². The predicted molar refractivity (Wildman–Crippen MR) is 97.3 cm³/mol. The van der Waals surface area contributed by atoms with E-state index in [1.54, 1.807) is 0 Å². The van der Waals surface area contributed by atoms with E-state index >= 15 is 0 Å². The molecule has 0 aromatic carbocycles. The first-order valence-corrected chi connectivity index (χ1v) is 8.60. The second kappa shape index (κ2) is 31.4.